The van der Waals surface area contributed by atoms with E-state index in [-0.39, 0.29) is 17.6 Å². The fourth-order valence-corrected chi connectivity index (χ4v) is 2.08. The first kappa shape index (κ1) is 16.6. The molecule has 2 N–H and O–H groups in total. The summed E-state index contributed by atoms with van der Waals surface area (Å²) in [7, 11) is 1.60. The summed E-state index contributed by atoms with van der Waals surface area (Å²) < 4.78 is 10.2. The van der Waals surface area contributed by atoms with Gasteiger partial charge in [-0.2, -0.15) is 0 Å². The summed E-state index contributed by atoms with van der Waals surface area (Å²) >= 11 is 0. The summed E-state index contributed by atoms with van der Waals surface area (Å²) in [6, 6.07) is 10.8. The number of nitrogens with one attached hydrogen (secondary N) is 2. The lowest BCUT2D eigenvalue weighted by Crippen LogP contribution is -2.27. The van der Waals surface area contributed by atoms with E-state index in [1.807, 2.05) is 24.3 Å². The van der Waals surface area contributed by atoms with Crippen LogP contribution in [0.5, 0.6) is 5.75 Å². The molecule has 1 aromatic carbocycles. The molecule has 0 aliphatic heterocycles. The number of ether oxygens (including phenoxy) is 1. The van der Waals surface area contributed by atoms with Crippen molar-refractivity contribution in [3.63, 3.8) is 0 Å². The third-order valence-electron chi connectivity index (χ3n) is 3.28. The number of hydrogen-bond donors (Lipinski definition) is 2. The van der Waals surface area contributed by atoms with Gasteiger partial charge in [-0.15, -0.1) is 0 Å². The molecule has 2 aromatic rings. The second-order valence-electron chi connectivity index (χ2n) is 4.93. The minimum atomic E-state index is -0.274. The highest BCUT2D eigenvalue weighted by atomic mass is 16.5. The van der Waals surface area contributed by atoms with Crippen molar-refractivity contribution in [2.45, 2.75) is 19.4 Å². The Morgan fingerprint density at radius 3 is 2.70 bits per heavy atom. The van der Waals surface area contributed by atoms with E-state index in [0.29, 0.717) is 25.9 Å². The Hall–Kier alpha value is -2.76. The summed E-state index contributed by atoms with van der Waals surface area (Å²) in [5, 5.41) is 5.54. The van der Waals surface area contributed by atoms with Gasteiger partial charge in [-0.3, -0.25) is 9.59 Å². The Labute approximate surface area is 134 Å². The van der Waals surface area contributed by atoms with Crippen molar-refractivity contribution in [2.24, 2.45) is 0 Å². The monoisotopic (exact) mass is 316 g/mol. The number of carbonyl (C=O) groups is 2. The zero-order valence-electron chi connectivity index (χ0n) is 13.0. The molecule has 0 aliphatic carbocycles. The van der Waals surface area contributed by atoms with Crippen LogP contribution in [0.25, 0.3) is 0 Å². The van der Waals surface area contributed by atoms with Gasteiger partial charge in [0.1, 0.15) is 5.75 Å². The quantitative estimate of drug-likeness (QED) is 0.731. The first-order valence-electron chi connectivity index (χ1n) is 7.41. The number of furan rings is 1. The lowest BCUT2D eigenvalue weighted by molar-refractivity contribution is -0.121. The molecule has 23 heavy (non-hydrogen) atoms. The number of amides is 2. The van der Waals surface area contributed by atoms with Crippen LogP contribution in [0.3, 0.4) is 0 Å². The molecule has 0 atom stereocenters. The summed E-state index contributed by atoms with van der Waals surface area (Å²) in [6.45, 7) is 0.837. The van der Waals surface area contributed by atoms with Gasteiger partial charge in [0, 0.05) is 25.1 Å². The molecule has 0 unspecified atom stereocenters. The lowest BCUT2D eigenvalue weighted by Gasteiger charge is -2.09. The van der Waals surface area contributed by atoms with Gasteiger partial charge in [0.25, 0.3) is 5.91 Å². The molecule has 0 aliphatic rings. The van der Waals surface area contributed by atoms with Crippen LogP contribution in [0.15, 0.2) is 47.1 Å². The van der Waals surface area contributed by atoms with Crippen LogP contribution in [0.2, 0.25) is 0 Å². The van der Waals surface area contributed by atoms with E-state index in [9.17, 15) is 9.59 Å². The largest absolute Gasteiger partial charge is 0.496 e. The predicted octanol–water partition coefficient (Wildman–Crippen LogP) is 2.11. The molecule has 1 heterocycles. The molecule has 1 aromatic heterocycles. The van der Waals surface area contributed by atoms with Crippen LogP contribution in [0.4, 0.5) is 0 Å². The molecule has 0 saturated carbocycles. The van der Waals surface area contributed by atoms with E-state index >= 15 is 0 Å². The Balaban J connectivity index is 1.64. The highest BCUT2D eigenvalue weighted by Crippen LogP contribution is 2.16. The molecule has 0 radical (unpaired) electrons. The van der Waals surface area contributed by atoms with E-state index in [4.69, 9.17) is 9.15 Å². The van der Waals surface area contributed by atoms with Crippen LogP contribution in [-0.4, -0.2) is 25.5 Å². The molecule has 2 amide bonds. The fraction of sp³-hybridized carbons (Fsp3) is 0.294. The molecule has 2 rings (SSSR count). The SMILES string of the molecule is COc1ccccc1CNC(=O)CCCNC(=O)c1ccco1. The lowest BCUT2D eigenvalue weighted by atomic mass is 10.2. The maximum Gasteiger partial charge on any atom is 0.286 e. The molecule has 0 bridgehead atoms. The van der Waals surface area contributed by atoms with Crippen LogP contribution in [0, 0.1) is 0 Å². The van der Waals surface area contributed by atoms with Crippen molar-refractivity contribution in [1.82, 2.24) is 10.6 Å². The Morgan fingerprint density at radius 1 is 1.13 bits per heavy atom. The number of methoxy groups -OCH3 is 1. The molecule has 122 valence electrons. The number of rotatable bonds is 8. The first-order valence-corrected chi connectivity index (χ1v) is 7.41. The minimum Gasteiger partial charge on any atom is -0.496 e. The number of benzene rings is 1. The molecular weight excluding hydrogens is 296 g/mol. The van der Waals surface area contributed by atoms with Crippen molar-refractivity contribution < 1.29 is 18.7 Å². The maximum atomic E-state index is 11.8. The topological polar surface area (TPSA) is 80.6 Å². The van der Waals surface area contributed by atoms with Crippen molar-refractivity contribution in [2.75, 3.05) is 13.7 Å². The van der Waals surface area contributed by atoms with Crippen molar-refractivity contribution in [3.8, 4) is 5.75 Å². The van der Waals surface area contributed by atoms with Gasteiger partial charge < -0.3 is 19.8 Å². The van der Waals surface area contributed by atoms with E-state index in [0.717, 1.165) is 11.3 Å². The number of carbonyl (C=O) groups excluding carboxylic acids is 2. The smallest absolute Gasteiger partial charge is 0.286 e. The predicted molar refractivity (Wildman–Crippen MR) is 85.1 cm³/mol. The second-order valence-corrected chi connectivity index (χ2v) is 4.93. The standard InChI is InChI=1S/C17H20N2O4/c1-22-14-7-3-2-6-13(14)12-19-16(20)9-4-10-18-17(21)15-8-5-11-23-15/h2-3,5-8,11H,4,9-10,12H2,1H3,(H,18,21)(H,19,20). The van der Waals surface area contributed by atoms with Crippen LogP contribution < -0.4 is 15.4 Å². The van der Waals surface area contributed by atoms with Gasteiger partial charge in [0.2, 0.25) is 5.91 Å². The number of para-hydroxylation sites is 1. The zero-order chi connectivity index (χ0) is 16.5. The van der Waals surface area contributed by atoms with Crippen LogP contribution in [0.1, 0.15) is 29.0 Å². The Morgan fingerprint density at radius 2 is 1.96 bits per heavy atom. The number of hydrogen-bond acceptors (Lipinski definition) is 4. The van der Waals surface area contributed by atoms with Gasteiger partial charge in [-0.05, 0) is 24.6 Å². The summed E-state index contributed by atoms with van der Waals surface area (Å²) in [5.74, 6) is 0.678. The molecule has 0 saturated heterocycles. The summed E-state index contributed by atoms with van der Waals surface area (Å²) in [4.78, 5) is 23.4. The van der Waals surface area contributed by atoms with E-state index < -0.39 is 0 Å². The van der Waals surface area contributed by atoms with Crippen LogP contribution >= 0.6 is 0 Å². The van der Waals surface area contributed by atoms with Crippen molar-refractivity contribution in [3.05, 3.63) is 54.0 Å². The van der Waals surface area contributed by atoms with E-state index in [2.05, 4.69) is 10.6 Å². The average Bonchev–Trinajstić information content (AvgIpc) is 3.11. The molecule has 6 heteroatoms. The van der Waals surface area contributed by atoms with Gasteiger partial charge in [0.15, 0.2) is 5.76 Å². The maximum absolute atomic E-state index is 11.8. The molecule has 0 fully saturated rings. The third kappa shape index (κ3) is 5.18. The van der Waals surface area contributed by atoms with Gasteiger partial charge in [-0.1, -0.05) is 18.2 Å². The Bertz CT molecular complexity index is 638. The average molecular weight is 316 g/mol. The van der Waals surface area contributed by atoms with Gasteiger partial charge >= 0.3 is 0 Å². The van der Waals surface area contributed by atoms with E-state index in [1.54, 1.807) is 19.2 Å². The van der Waals surface area contributed by atoms with Crippen molar-refractivity contribution in [1.29, 1.82) is 0 Å². The highest BCUT2D eigenvalue weighted by Gasteiger charge is 2.08. The second kappa shape index (κ2) is 8.63. The van der Waals surface area contributed by atoms with Gasteiger partial charge in [-0.25, -0.2) is 0 Å². The third-order valence-corrected chi connectivity index (χ3v) is 3.28. The van der Waals surface area contributed by atoms with Crippen LogP contribution in [-0.2, 0) is 11.3 Å². The fourth-order valence-electron chi connectivity index (χ4n) is 2.08. The van der Waals surface area contributed by atoms with E-state index in [1.165, 1.54) is 6.26 Å². The molecular formula is C17H20N2O4. The molecule has 0 spiro atoms. The summed E-state index contributed by atoms with van der Waals surface area (Å²) in [5.41, 5.74) is 0.925. The highest BCUT2D eigenvalue weighted by molar-refractivity contribution is 5.91. The first-order chi connectivity index (χ1) is 11.2. The van der Waals surface area contributed by atoms with Crippen molar-refractivity contribution >= 4 is 11.8 Å². The Kier molecular flexibility index (Phi) is 6.23. The minimum absolute atomic E-state index is 0.0665. The molecule has 6 nitrogen and oxygen atoms in total. The zero-order valence-corrected chi connectivity index (χ0v) is 13.0. The summed E-state index contributed by atoms with van der Waals surface area (Å²) in [6.07, 6.45) is 2.35. The van der Waals surface area contributed by atoms with Gasteiger partial charge in [0.05, 0.1) is 13.4 Å². The normalized spacial score (nSPS) is 10.1.